The fraction of sp³-hybridized carbons (Fsp3) is 0.494. The molecule has 0 spiro atoms. The lowest BCUT2D eigenvalue weighted by atomic mass is 9.77. The van der Waals surface area contributed by atoms with Crippen molar-refractivity contribution < 1.29 is 61.4 Å². The molecule has 1 saturated heterocycles. The molecule has 11 N–H and O–H groups in total. The number of aliphatic carboxylic acids is 1. The predicted octanol–water partition coefficient (Wildman–Crippen LogP) is 7.88. The van der Waals surface area contributed by atoms with Crippen molar-refractivity contribution in [1.82, 2.24) is 56.4 Å². The van der Waals surface area contributed by atoms with E-state index >= 15 is 19.2 Å². The summed E-state index contributed by atoms with van der Waals surface area (Å²) < 4.78 is 44.9. The molecule has 3 heterocycles. The number of guanidine groups is 1. The number of benzene rings is 5. The third-order valence-corrected chi connectivity index (χ3v) is 21.7. The first kappa shape index (κ1) is 85.5. The number of aromatic nitrogens is 2. The maximum atomic E-state index is 15.6. The maximum absolute atomic E-state index is 15.6. The minimum atomic E-state index is -4.24. The molecule has 26 nitrogen and oxygen atoms in total. The highest BCUT2D eigenvalue weighted by atomic mass is 32.2. The monoisotopic (exact) mass is 1530 g/mol. The number of nitrogens with zero attached hydrogens (tertiary/aromatic N) is 4. The number of likely N-dealkylation sites (tertiary alicyclic amines) is 1. The van der Waals surface area contributed by atoms with Crippen molar-refractivity contribution in [3.05, 3.63) is 178 Å². The van der Waals surface area contributed by atoms with Crippen molar-refractivity contribution in [3.8, 4) is 11.5 Å². The van der Waals surface area contributed by atoms with Gasteiger partial charge in [0.2, 0.25) is 47.3 Å². The van der Waals surface area contributed by atoms with E-state index in [2.05, 4.69) is 46.9 Å². The topological polar surface area (TPSA) is 365 Å². The van der Waals surface area contributed by atoms with Gasteiger partial charge in [-0.05, 0) is 182 Å². The van der Waals surface area contributed by atoms with Crippen molar-refractivity contribution in [2.24, 2.45) is 22.6 Å². The van der Waals surface area contributed by atoms with Gasteiger partial charge in [-0.25, -0.2) is 22.9 Å². The zero-order valence-corrected chi connectivity index (χ0v) is 66.9. The molecule has 2 aliphatic heterocycles. The number of amides is 7. The van der Waals surface area contributed by atoms with Gasteiger partial charge in [0.15, 0.2) is 0 Å². The number of hydrogen-bond acceptors (Lipinski definition) is 15. The van der Waals surface area contributed by atoms with E-state index in [-0.39, 0.29) is 75.4 Å². The molecule has 27 heteroatoms. The van der Waals surface area contributed by atoms with Gasteiger partial charge in [-0.3, -0.25) is 38.6 Å². The van der Waals surface area contributed by atoms with Crippen LogP contribution in [-0.2, 0) is 73.2 Å². The minimum Gasteiger partial charge on any atom is -0.488 e. The molecule has 594 valence electrons. The fourth-order valence-electron chi connectivity index (χ4n) is 14.4. The quantitative estimate of drug-likeness (QED) is 0.00773. The molecule has 0 unspecified atom stereocenters. The first-order valence-electron chi connectivity index (χ1n) is 38.2. The zero-order chi connectivity index (χ0) is 80.4. The van der Waals surface area contributed by atoms with E-state index < -0.39 is 128 Å². The van der Waals surface area contributed by atoms with Crippen molar-refractivity contribution in [1.29, 1.82) is 0 Å². The zero-order valence-electron chi connectivity index (χ0n) is 66.0. The molecule has 110 heavy (non-hydrogen) atoms. The van der Waals surface area contributed by atoms with E-state index in [4.69, 9.17) is 20.2 Å². The van der Waals surface area contributed by atoms with Crippen LogP contribution in [0.15, 0.2) is 138 Å². The summed E-state index contributed by atoms with van der Waals surface area (Å²) in [7, 11) is -2.69. The number of rotatable bonds is 36. The second kappa shape index (κ2) is 38.0. The normalized spacial score (nSPS) is 16.1. The number of aliphatic imine (C=N–C) groups is 1. The third-order valence-electron chi connectivity index (χ3n) is 20.0. The number of nitrogens with one attached hydrogen (secondary N) is 8. The molecular weight excluding hydrogens is 1420 g/mol. The van der Waals surface area contributed by atoms with E-state index in [9.17, 15) is 32.7 Å². The van der Waals surface area contributed by atoms with Crippen molar-refractivity contribution in [2.45, 2.75) is 231 Å². The molecule has 1 fully saturated rings. The smallest absolute Gasteiger partial charge is 0.326 e. The number of carboxylic acids is 1. The lowest BCUT2D eigenvalue weighted by molar-refractivity contribution is -0.145. The number of carbonyl (C=O) groups is 8. The Bertz CT molecular complexity index is 4240. The molecule has 0 saturated carbocycles. The van der Waals surface area contributed by atoms with Gasteiger partial charge < -0.3 is 67.0 Å². The fourth-order valence-corrected chi connectivity index (χ4v) is 15.9. The summed E-state index contributed by atoms with van der Waals surface area (Å²) in [6.45, 7) is 23.8. The van der Waals surface area contributed by atoms with Crippen LogP contribution in [-0.4, -0.2) is 161 Å². The summed E-state index contributed by atoms with van der Waals surface area (Å²) in [5, 5.41) is 30.0. The summed E-state index contributed by atoms with van der Waals surface area (Å²) >= 11 is 0. The number of sulfonamides is 1. The van der Waals surface area contributed by atoms with Crippen molar-refractivity contribution >= 4 is 63.3 Å². The van der Waals surface area contributed by atoms with Crippen LogP contribution >= 0.6 is 0 Å². The number of carboxylic acid groups (broad SMARTS) is 1. The second-order valence-corrected chi connectivity index (χ2v) is 32.8. The molecule has 7 atom stereocenters. The largest absolute Gasteiger partial charge is 0.488 e. The van der Waals surface area contributed by atoms with E-state index in [1.807, 2.05) is 164 Å². The van der Waals surface area contributed by atoms with Crippen LogP contribution in [0, 0.1) is 32.6 Å². The van der Waals surface area contributed by atoms with Gasteiger partial charge >= 0.3 is 5.97 Å². The lowest BCUT2D eigenvalue weighted by Crippen LogP contribution is -2.61. The van der Waals surface area contributed by atoms with Crippen LogP contribution in [0.25, 0.3) is 0 Å². The van der Waals surface area contributed by atoms with Crippen LogP contribution in [0.3, 0.4) is 0 Å². The Labute approximate surface area is 647 Å². The van der Waals surface area contributed by atoms with Crippen LogP contribution < -0.4 is 57.1 Å². The number of ether oxygens (including phenoxy) is 2. The van der Waals surface area contributed by atoms with E-state index in [0.29, 0.717) is 71.6 Å². The lowest BCUT2D eigenvalue weighted by Gasteiger charge is -2.37. The van der Waals surface area contributed by atoms with Gasteiger partial charge in [-0.1, -0.05) is 151 Å². The highest BCUT2D eigenvalue weighted by Crippen LogP contribution is 2.43. The number of hydrogen-bond donors (Lipinski definition) is 10. The Hall–Kier alpha value is -10.1. The molecule has 5 aromatic carbocycles. The Morgan fingerprint density at radius 2 is 1.27 bits per heavy atom. The van der Waals surface area contributed by atoms with Crippen molar-refractivity contribution in [2.75, 3.05) is 26.7 Å². The third kappa shape index (κ3) is 22.1. The van der Waals surface area contributed by atoms with Crippen LogP contribution in [0.2, 0.25) is 0 Å². The van der Waals surface area contributed by atoms with Crippen molar-refractivity contribution in [3.63, 3.8) is 0 Å². The summed E-state index contributed by atoms with van der Waals surface area (Å²) in [4.78, 5) is 127. The van der Waals surface area contributed by atoms with Gasteiger partial charge in [-0.2, -0.15) is 0 Å². The first-order chi connectivity index (χ1) is 52.1. The molecule has 1 aromatic heterocycles. The van der Waals surface area contributed by atoms with Gasteiger partial charge in [-0.15, -0.1) is 0 Å². The Kier molecular flexibility index (Phi) is 29.5. The average Bonchev–Trinajstić information content (AvgIpc) is 1.55. The number of imidazole rings is 1. The first-order valence-corrected chi connectivity index (χ1v) is 39.7. The molecule has 0 bridgehead atoms. The van der Waals surface area contributed by atoms with E-state index in [1.165, 1.54) is 4.90 Å². The van der Waals surface area contributed by atoms with Crippen LogP contribution in [0.1, 0.15) is 177 Å². The maximum Gasteiger partial charge on any atom is 0.326 e. The predicted molar refractivity (Wildman–Crippen MR) is 422 cm³/mol. The number of nitrogens with two attached hydrogens (primary N) is 1. The molecule has 6 aromatic rings. The Morgan fingerprint density at radius 3 is 1.84 bits per heavy atom. The summed E-state index contributed by atoms with van der Waals surface area (Å²) in [6.07, 6.45) is 6.37. The summed E-state index contributed by atoms with van der Waals surface area (Å²) in [6, 6.07) is 27.6. The van der Waals surface area contributed by atoms with Gasteiger partial charge in [0.1, 0.15) is 70.5 Å². The molecule has 7 amide bonds. The summed E-state index contributed by atoms with van der Waals surface area (Å²) in [5.74, 6) is -6.00. The van der Waals surface area contributed by atoms with Gasteiger partial charge in [0.05, 0.1) is 23.5 Å². The number of likely N-dealkylation sites (N-methyl/N-ethyl adjacent to an activating group) is 1. The van der Waals surface area contributed by atoms with Crippen LogP contribution in [0.4, 0.5) is 0 Å². The Balaban J connectivity index is 1.07. The molecule has 0 aliphatic carbocycles. The number of fused-ring (bicyclic) bond motifs is 1. The molecular formula is C83H113N13O13S. The number of carbonyl (C=O) groups excluding carboxylic acids is 7. The summed E-state index contributed by atoms with van der Waals surface area (Å²) in [5.41, 5.74) is 10.5. The SMILES string of the molecule is CCCC[C@H](NC(=O)[C@H](Cc1ccc(OC(C)(C)C)cc1)NC(=O)[C@@H](NC(=O)[C@H](CCCN=C(N)NS(=O)(=O)c1c(C)c(C)c2c(c1C)CCC(C)(C)O2)NC(=O)CNC)C(C)C)C(=O)N[C@@H](Cc1cn(C(c2ccccc2)(c2ccccc2)c2ccccc2)cn1)C(=O)N1CCC[C@H]1C(=O)N[C@@H](CC(C)C)C(=O)O. The molecule has 8 rings (SSSR count). The van der Waals surface area contributed by atoms with Gasteiger partial charge in [0, 0.05) is 32.1 Å². The van der Waals surface area contributed by atoms with Crippen LogP contribution in [0.5, 0.6) is 11.5 Å². The Morgan fingerprint density at radius 1 is 0.709 bits per heavy atom. The van der Waals surface area contributed by atoms with Gasteiger partial charge in [0.25, 0.3) is 10.0 Å². The minimum absolute atomic E-state index is 0.0379. The number of unbranched alkanes of at least 4 members (excludes halogenated alkanes) is 1. The highest BCUT2D eigenvalue weighted by molar-refractivity contribution is 7.90. The highest BCUT2D eigenvalue weighted by Gasteiger charge is 2.43. The molecule has 0 radical (unpaired) electrons. The van der Waals surface area contributed by atoms with E-state index in [1.54, 1.807) is 65.3 Å². The molecule has 2 aliphatic rings. The standard InChI is InChI=1S/C83H113N13O13S/c1-15-16-34-64(73(98)91-66(78(103)96-44-27-36-68(96)76(101)92-67(79(104)105)45-51(2)3)47-60-49-95(50-87-60)83(57-28-20-17-21-29-57,58-30-22-18-23-31-58)59-32-24-19-25-33-59)89-75(100)65(46-56-37-39-61(40-38-56)108-81(9,10)11)90-77(102)70(52(4)5)93-74(99)63(88-69(97)48-85-14)35-26-43-86-80(84)94-110(106,107)72-54(7)53(6)71-62(55(72)8)41-42-82(12,13)109-71/h17-25,28-33,37-40,49-52,63-68,70,85H,15-16,26-27,34-36,41-48H2,1-14H3,(H,88,97)(H,89,100)(H,90,102)(H,91,98)(H,92,101)(H,93,99)(H,104,105)(H3,84,86,94)/t63-,64-,65-,66-,67-,68-,70-/m0/s1. The second-order valence-electron chi connectivity index (χ2n) is 31.2. The van der Waals surface area contributed by atoms with E-state index in [0.717, 1.165) is 22.3 Å². The average molecular weight is 1530 g/mol.